The van der Waals surface area contributed by atoms with Crippen molar-refractivity contribution in [3.63, 3.8) is 0 Å². The van der Waals surface area contributed by atoms with Crippen molar-refractivity contribution >= 4 is 10.0 Å². The summed E-state index contributed by atoms with van der Waals surface area (Å²) < 4.78 is 27.4. The first-order valence-electron chi connectivity index (χ1n) is 7.22. The van der Waals surface area contributed by atoms with E-state index in [-0.39, 0.29) is 6.04 Å². The molecule has 1 aliphatic heterocycles. The fourth-order valence-electron chi connectivity index (χ4n) is 2.88. The predicted octanol–water partition coefficient (Wildman–Crippen LogP) is 3.52. The molecule has 0 amide bonds. The maximum atomic E-state index is 12.9. The summed E-state index contributed by atoms with van der Waals surface area (Å²) in [6.45, 7) is 2.55. The van der Waals surface area contributed by atoms with Crippen molar-refractivity contribution < 1.29 is 8.42 Å². The molecule has 110 valence electrons. The molecule has 3 nitrogen and oxygen atoms in total. The Morgan fingerprint density at radius 3 is 2.33 bits per heavy atom. The summed E-state index contributed by atoms with van der Waals surface area (Å²) in [6.07, 6.45) is 1.79. The van der Waals surface area contributed by atoms with E-state index in [1.54, 1.807) is 16.4 Å². The molecule has 1 aliphatic rings. The van der Waals surface area contributed by atoms with Gasteiger partial charge < -0.3 is 0 Å². The van der Waals surface area contributed by atoms with Crippen LogP contribution in [0.25, 0.3) is 0 Å². The Hall–Kier alpha value is -1.65. The zero-order chi connectivity index (χ0) is 14.9. The highest BCUT2D eigenvalue weighted by molar-refractivity contribution is 7.89. The second-order valence-electron chi connectivity index (χ2n) is 5.50. The minimum absolute atomic E-state index is 0.0440. The first-order valence-corrected chi connectivity index (χ1v) is 8.66. The summed E-state index contributed by atoms with van der Waals surface area (Å²) in [5.74, 6) is 0. The average molecular weight is 301 g/mol. The number of sulfonamides is 1. The van der Waals surface area contributed by atoms with Crippen LogP contribution in [0.4, 0.5) is 0 Å². The summed E-state index contributed by atoms with van der Waals surface area (Å²) in [4.78, 5) is 0.385. The van der Waals surface area contributed by atoms with Gasteiger partial charge in [0.15, 0.2) is 0 Å². The van der Waals surface area contributed by atoms with Crippen molar-refractivity contribution in [2.45, 2.75) is 30.7 Å². The number of rotatable bonds is 3. The lowest BCUT2D eigenvalue weighted by atomic mass is 10.1. The van der Waals surface area contributed by atoms with E-state index in [1.807, 2.05) is 49.4 Å². The van der Waals surface area contributed by atoms with Gasteiger partial charge in [0, 0.05) is 6.54 Å². The van der Waals surface area contributed by atoms with Crippen LogP contribution in [0.3, 0.4) is 0 Å². The van der Waals surface area contributed by atoms with Gasteiger partial charge in [0.25, 0.3) is 0 Å². The fraction of sp³-hybridized carbons (Fsp3) is 0.294. The highest BCUT2D eigenvalue weighted by Crippen LogP contribution is 2.36. The van der Waals surface area contributed by atoms with Crippen LogP contribution < -0.4 is 0 Å². The Kier molecular flexibility index (Phi) is 3.83. The third-order valence-electron chi connectivity index (χ3n) is 4.02. The van der Waals surface area contributed by atoms with E-state index in [9.17, 15) is 8.42 Å². The zero-order valence-corrected chi connectivity index (χ0v) is 12.9. The molecular formula is C17H19NO2S. The molecular weight excluding hydrogens is 282 g/mol. The van der Waals surface area contributed by atoms with Gasteiger partial charge in [-0.15, -0.1) is 0 Å². The molecule has 0 bridgehead atoms. The summed E-state index contributed by atoms with van der Waals surface area (Å²) in [7, 11) is -3.42. The smallest absolute Gasteiger partial charge is 0.207 e. The molecule has 1 saturated heterocycles. The molecule has 4 heteroatoms. The van der Waals surface area contributed by atoms with Crippen molar-refractivity contribution in [2.24, 2.45) is 0 Å². The van der Waals surface area contributed by atoms with Gasteiger partial charge in [-0.1, -0.05) is 48.0 Å². The lowest BCUT2D eigenvalue weighted by Gasteiger charge is -2.24. The normalized spacial score (nSPS) is 19.8. The maximum Gasteiger partial charge on any atom is 0.243 e. The number of hydrogen-bond donors (Lipinski definition) is 0. The molecule has 0 saturated carbocycles. The van der Waals surface area contributed by atoms with Crippen molar-refractivity contribution in [1.29, 1.82) is 0 Å². The van der Waals surface area contributed by atoms with Crippen molar-refractivity contribution in [3.8, 4) is 0 Å². The lowest BCUT2D eigenvalue weighted by Crippen LogP contribution is -2.30. The summed E-state index contributed by atoms with van der Waals surface area (Å²) >= 11 is 0. The maximum absolute atomic E-state index is 12.9. The van der Waals surface area contributed by atoms with Gasteiger partial charge >= 0.3 is 0 Å². The predicted molar refractivity (Wildman–Crippen MR) is 83.5 cm³/mol. The Morgan fingerprint density at radius 1 is 1.00 bits per heavy atom. The summed E-state index contributed by atoms with van der Waals surface area (Å²) in [5.41, 5.74) is 2.14. The molecule has 1 fully saturated rings. The highest BCUT2D eigenvalue weighted by Gasteiger charge is 2.35. The zero-order valence-electron chi connectivity index (χ0n) is 12.1. The van der Waals surface area contributed by atoms with Gasteiger partial charge in [-0.25, -0.2) is 8.42 Å². The van der Waals surface area contributed by atoms with Gasteiger partial charge in [-0.3, -0.25) is 0 Å². The van der Waals surface area contributed by atoms with Crippen LogP contribution in [0.15, 0.2) is 59.5 Å². The van der Waals surface area contributed by atoms with Crippen LogP contribution in [-0.4, -0.2) is 19.3 Å². The Labute approximate surface area is 126 Å². The largest absolute Gasteiger partial charge is 0.243 e. The van der Waals surface area contributed by atoms with Crippen molar-refractivity contribution in [2.75, 3.05) is 6.54 Å². The number of aryl methyl sites for hydroxylation is 1. The Bertz CT molecular complexity index is 708. The Balaban J connectivity index is 1.96. The van der Waals surface area contributed by atoms with Crippen LogP contribution in [0.1, 0.15) is 30.0 Å². The first-order chi connectivity index (χ1) is 10.1. The van der Waals surface area contributed by atoms with Gasteiger partial charge in [0.05, 0.1) is 10.9 Å². The molecule has 21 heavy (non-hydrogen) atoms. The van der Waals surface area contributed by atoms with E-state index in [2.05, 4.69) is 0 Å². The molecule has 0 spiro atoms. The fourth-order valence-corrected chi connectivity index (χ4v) is 4.56. The van der Waals surface area contributed by atoms with E-state index in [1.165, 1.54) is 0 Å². The van der Waals surface area contributed by atoms with Crippen LogP contribution in [0.2, 0.25) is 0 Å². The van der Waals surface area contributed by atoms with Crippen LogP contribution in [-0.2, 0) is 10.0 Å². The van der Waals surface area contributed by atoms with Crippen LogP contribution in [0.5, 0.6) is 0 Å². The molecule has 3 rings (SSSR count). The van der Waals surface area contributed by atoms with E-state index >= 15 is 0 Å². The van der Waals surface area contributed by atoms with Crippen LogP contribution in [0, 0.1) is 6.92 Å². The number of hydrogen-bond acceptors (Lipinski definition) is 2. The number of nitrogens with zero attached hydrogens (tertiary/aromatic N) is 1. The molecule has 2 aromatic carbocycles. The van der Waals surface area contributed by atoms with Gasteiger partial charge in [-0.05, 0) is 37.5 Å². The minimum Gasteiger partial charge on any atom is -0.207 e. The molecule has 0 radical (unpaired) electrons. The molecule has 0 N–H and O–H groups in total. The van der Waals surface area contributed by atoms with Gasteiger partial charge in [-0.2, -0.15) is 4.31 Å². The second-order valence-corrected chi connectivity index (χ2v) is 7.39. The quantitative estimate of drug-likeness (QED) is 0.870. The first kappa shape index (κ1) is 14.3. The monoisotopic (exact) mass is 301 g/mol. The van der Waals surface area contributed by atoms with E-state index in [0.29, 0.717) is 11.4 Å². The van der Waals surface area contributed by atoms with Crippen LogP contribution >= 0.6 is 0 Å². The SMILES string of the molecule is Cc1ccc(S(=O)(=O)N2CCC[C@@H]2c2ccccc2)cc1. The van der Waals surface area contributed by atoms with Crippen molar-refractivity contribution in [1.82, 2.24) is 4.31 Å². The topological polar surface area (TPSA) is 37.4 Å². The third kappa shape index (κ3) is 2.74. The minimum atomic E-state index is -3.42. The molecule has 0 aliphatic carbocycles. The highest BCUT2D eigenvalue weighted by atomic mass is 32.2. The number of benzene rings is 2. The molecule has 2 aromatic rings. The Morgan fingerprint density at radius 2 is 1.67 bits per heavy atom. The molecule has 1 atom stereocenters. The van der Waals surface area contributed by atoms with E-state index < -0.39 is 10.0 Å². The molecule has 0 aromatic heterocycles. The third-order valence-corrected chi connectivity index (χ3v) is 5.94. The molecule has 0 unspecified atom stereocenters. The van der Waals surface area contributed by atoms with E-state index in [0.717, 1.165) is 24.0 Å². The van der Waals surface area contributed by atoms with Gasteiger partial charge in [0.2, 0.25) is 10.0 Å². The second kappa shape index (κ2) is 5.62. The standard InChI is InChI=1S/C17H19NO2S/c1-14-9-11-16(12-10-14)21(19,20)18-13-5-8-17(18)15-6-3-2-4-7-15/h2-4,6-7,9-12,17H,5,8,13H2,1H3/t17-/m1/s1. The molecule has 1 heterocycles. The van der Waals surface area contributed by atoms with Gasteiger partial charge in [0.1, 0.15) is 0 Å². The van der Waals surface area contributed by atoms with Crippen molar-refractivity contribution in [3.05, 3.63) is 65.7 Å². The van der Waals surface area contributed by atoms with E-state index in [4.69, 9.17) is 0 Å². The lowest BCUT2D eigenvalue weighted by molar-refractivity contribution is 0.396. The average Bonchev–Trinajstić information content (AvgIpc) is 2.99. The summed E-state index contributed by atoms with van der Waals surface area (Å²) in [5, 5.41) is 0. The summed E-state index contributed by atoms with van der Waals surface area (Å²) in [6, 6.07) is 16.9.